The van der Waals surface area contributed by atoms with Crippen molar-refractivity contribution in [3.63, 3.8) is 0 Å². The van der Waals surface area contributed by atoms with Crippen LogP contribution in [0, 0.1) is 11.3 Å². The highest BCUT2D eigenvalue weighted by atomic mass is 79.9. The van der Waals surface area contributed by atoms with E-state index in [4.69, 9.17) is 19.8 Å². The van der Waals surface area contributed by atoms with Crippen molar-refractivity contribution in [2.24, 2.45) is 0 Å². The van der Waals surface area contributed by atoms with Gasteiger partial charge in [0.2, 0.25) is 0 Å². The highest BCUT2D eigenvalue weighted by Gasteiger charge is 2.11. The Morgan fingerprint density at radius 2 is 2.22 bits per heavy atom. The summed E-state index contributed by atoms with van der Waals surface area (Å²) in [6, 6.07) is 6.85. The third-order valence-electron chi connectivity index (χ3n) is 3.39. The molecular weight excluding hydrogens is 364 g/mol. The lowest BCUT2D eigenvalue weighted by Crippen LogP contribution is -2.38. The van der Waals surface area contributed by atoms with Crippen LogP contribution in [0.2, 0.25) is 0 Å². The van der Waals surface area contributed by atoms with Crippen molar-refractivity contribution >= 4 is 28.0 Å². The van der Waals surface area contributed by atoms with E-state index in [0.29, 0.717) is 17.9 Å². The number of rotatable bonds is 6. The zero-order valence-corrected chi connectivity index (χ0v) is 14.1. The van der Waals surface area contributed by atoms with Crippen LogP contribution in [0.25, 0.3) is 6.08 Å². The van der Waals surface area contributed by atoms with Gasteiger partial charge >= 0.3 is 5.97 Å². The van der Waals surface area contributed by atoms with Crippen molar-refractivity contribution in [3.8, 4) is 11.8 Å². The Morgan fingerprint density at radius 1 is 1.48 bits per heavy atom. The van der Waals surface area contributed by atoms with Crippen LogP contribution in [-0.2, 0) is 9.53 Å². The van der Waals surface area contributed by atoms with E-state index in [-0.39, 0.29) is 5.57 Å². The molecule has 0 saturated carbocycles. The van der Waals surface area contributed by atoms with Crippen molar-refractivity contribution in [2.75, 3.05) is 39.5 Å². The number of aliphatic carboxylic acids is 1. The fraction of sp³-hybridized carbons (Fsp3) is 0.375. The molecule has 0 aliphatic carbocycles. The quantitative estimate of drug-likeness (QED) is 0.601. The van der Waals surface area contributed by atoms with Crippen LogP contribution < -0.4 is 4.74 Å². The van der Waals surface area contributed by atoms with Gasteiger partial charge in [-0.15, -0.1) is 0 Å². The molecule has 1 aromatic rings. The summed E-state index contributed by atoms with van der Waals surface area (Å²) in [6.45, 7) is 4.74. The number of nitriles is 1. The smallest absolute Gasteiger partial charge is 0.346 e. The minimum absolute atomic E-state index is 0.308. The highest BCUT2D eigenvalue weighted by Crippen LogP contribution is 2.27. The SMILES string of the molecule is N#CC(=Cc1ccc(OCCN2CCOCC2)c(Br)c1)C(=O)O. The van der Waals surface area contributed by atoms with Crippen LogP contribution in [0.15, 0.2) is 28.2 Å². The zero-order valence-electron chi connectivity index (χ0n) is 12.5. The Kier molecular flexibility index (Phi) is 6.59. The first-order valence-electron chi connectivity index (χ1n) is 7.17. The van der Waals surface area contributed by atoms with E-state index in [0.717, 1.165) is 37.3 Å². The van der Waals surface area contributed by atoms with E-state index in [2.05, 4.69) is 20.8 Å². The van der Waals surface area contributed by atoms with Crippen LogP contribution in [0.5, 0.6) is 5.75 Å². The van der Waals surface area contributed by atoms with E-state index in [1.807, 2.05) is 0 Å². The Labute approximate surface area is 143 Å². The van der Waals surface area contributed by atoms with Crippen LogP contribution in [0.1, 0.15) is 5.56 Å². The molecule has 23 heavy (non-hydrogen) atoms. The van der Waals surface area contributed by atoms with Crippen molar-refractivity contribution in [2.45, 2.75) is 0 Å². The molecule has 0 amide bonds. The number of hydrogen-bond acceptors (Lipinski definition) is 5. The summed E-state index contributed by atoms with van der Waals surface area (Å²) in [6.07, 6.45) is 1.32. The molecule has 122 valence electrons. The van der Waals surface area contributed by atoms with Crippen molar-refractivity contribution in [3.05, 3.63) is 33.8 Å². The topological polar surface area (TPSA) is 82.8 Å². The van der Waals surface area contributed by atoms with E-state index < -0.39 is 5.97 Å². The van der Waals surface area contributed by atoms with E-state index >= 15 is 0 Å². The average molecular weight is 381 g/mol. The van der Waals surface area contributed by atoms with Gasteiger partial charge < -0.3 is 14.6 Å². The molecule has 6 nitrogen and oxygen atoms in total. The summed E-state index contributed by atoms with van der Waals surface area (Å²) in [5, 5.41) is 17.6. The molecule has 1 aromatic carbocycles. The van der Waals surface area contributed by atoms with E-state index in [1.54, 1.807) is 24.3 Å². The standard InChI is InChI=1S/C16H17BrN2O4/c17-14-10-12(9-13(11-18)16(20)21)1-2-15(14)23-8-5-19-3-6-22-7-4-19/h1-2,9-10H,3-8H2,(H,20,21). The normalized spacial score (nSPS) is 15.9. The van der Waals surface area contributed by atoms with Crippen LogP contribution in [0.4, 0.5) is 0 Å². The largest absolute Gasteiger partial charge is 0.491 e. The first kappa shape index (κ1) is 17.5. The Morgan fingerprint density at radius 3 is 2.83 bits per heavy atom. The number of morpholine rings is 1. The van der Waals surface area contributed by atoms with Crippen molar-refractivity contribution in [1.82, 2.24) is 4.90 Å². The molecule has 0 unspecified atom stereocenters. The third-order valence-corrected chi connectivity index (χ3v) is 4.01. The summed E-state index contributed by atoms with van der Waals surface area (Å²) in [7, 11) is 0. The van der Waals surface area contributed by atoms with Gasteiger partial charge in [0, 0.05) is 19.6 Å². The predicted octanol–water partition coefficient (Wildman–Crippen LogP) is 2.15. The number of halogens is 1. The molecule has 1 heterocycles. The minimum Gasteiger partial charge on any atom is -0.491 e. The minimum atomic E-state index is -1.24. The molecule has 0 aromatic heterocycles. The number of benzene rings is 1. The lowest BCUT2D eigenvalue weighted by molar-refractivity contribution is -0.132. The molecule has 0 atom stereocenters. The molecule has 0 bridgehead atoms. The van der Waals surface area contributed by atoms with Gasteiger partial charge in [-0.2, -0.15) is 5.26 Å². The molecule has 0 radical (unpaired) electrons. The fourth-order valence-corrected chi connectivity index (χ4v) is 2.65. The van der Waals surface area contributed by atoms with Gasteiger partial charge in [-0.1, -0.05) is 6.07 Å². The van der Waals surface area contributed by atoms with Gasteiger partial charge in [0.05, 0.1) is 17.7 Å². The first-order valence-corrected chi connectivity index (χ1v) is 7.97. The summed E-state index contributed by atoms with van der Waals surface area (Å²) in [4.78, 5) is 13.1. The maximum Gasteiger partial charge on any atom is 0.346 e. The van der Waals surface area contributed by atoms with E-state index in [1.165, 1.54) is 6.08 Å². The van der Waals surface area contributed by atoms with Gasteiger partial charge in [0.1, 0.15) is 24.0 Å². The summed E-state index contributed by atoms with van der Waals surface area (Å²) >= 11 is 3.40. The zero-order chi connectivity index (χ0) is 16.7. The highest BCUT2D eigenvalue weighted by molar-refractivity contribution is 9.10. The van der Waals surface area contributed by atoms with Gasteiger partial charge in [0.25, 0.3) is 0 Å². The molecule has 1 aliphatic heterocycles. The molecule has 1 aliphatic rings. The second-order valence-corrected chi connectivity index (χ2v) is 5.82. The van der Waals surface area contributed by atoms with Gasteiger partial charge in [-0.05, 0) is 39.7 Å². The van der Waals surface area contributed by atoms with Crippen LogP contribution in [0.3, 0.4) is 0 Å². The Bertz CT molecular complexity index is 633. The molecular formula is C16H17BrN2O4. The van der Waals surface area contributed by atoms with E-state index in [9.17, 15) is 4.79 Å². The second-order valence-electron chi connectivity index (χ2n) is 4.97. The summed E-state index contributed by atoms with van der Waals surface area (Å²) in [5.41, 5.74) is 0.314. The molecule has 0 spiro atoms. The molecule has 2 rings (SSSR count). The number of carbonyl (C=O) groups is 1. The molecule has 1 N–H and O–H groups in total. The van der Waals surface area contributed by atoms with Gasteiger partial charge in [0.15, 0.2) is 0 Å². The molecule has 1 fully saturated rings. The second kappa shape index (κ2) is 8.67. The number of carboxylic acids is 1. The Hall–Kier alpha value is -1.88. The number of carboxylic acid groups (broad SMARTS) is 1. The third kappa shape index (κ3) is 5.36. The number of hydrogen-bond donors (Lipinski definition) is 1. The van der Waals surface area contributed by atoms with Crippen LogP contribution in [-0.4, -0.2) is 55.4 Å². The summed E-state index contributed by atoms with van der Waals surface area (Å²) < 4.78 is 11.8. The molecule has 1 saturated heterocycles. The number of ether oxygens (including phenoxy) is 2. The molecule has 7 heteroatoms. The Balaban J connectivity index is 1.94. The maximum absolute atomic E-state index is 10.8. The van der Waals surface area contributed by atoms with Crippen LogP contribution >= 0.6 is 15.9 Å². The maximum atomic E-state index is 10.8. The van der Waals surface area contributed by atoms with Crippen molar-refractivity contribution < 1.29 is 19.4 Å². The summed E-state index contributed by atoms with van der Waals surface area (Å²) in [5.74, 6) is -0.557. The fourth-order valence-electron chi connectivity index (χ4n) is 2.14. The predicted molar refractivity (Wildman–Crippen MR) is 88.1 cm³/mol. The lowest BCUT2D eigenvalue weighted by atomic mass is 10.1. The van der Waals surface area contributed by atoms with Gasteiger partial charge in [-0.3, -0.25) is 4.90 Å². The monoisotopic (exact) mass is 380 g/mol. The lowest BCUT2D eigenvalue weighted by Gasteiger charge is -2.26. The van der Waals surface area contributed by atoms with Crippen molar-refractivity contribution in [1.29, 1.82) is 5.26 Å². The van der Waals surface area contributed by atoms with Gasteiger partial charge in [-0.25, -0.2) is 4.79 Å². The average Bonchev–Trinajstić information content (AvgIpc) is 2.55. The first-order chi connectivity index (χ1) is 11.1. The number of nitrogens with zero attached hydrogens (tertiary/aromatic N) is 2.